The lowest BCUT2D eigenvalue weighted by atomic mass is 10.0. The summed E-state index contributed by atoms with van der Waals surface area (Å²) in [5.41, 5.74) is 3.53. The maximum atomic E-state index is 4.32. The van der Waals surface area contributed by atoms with Gasteiger partial charge in [-0.15, -0.1) is 0 Å². The molecule has 0 saturated heterocycles. The van der Waals surface area contributed by atoms with Crippen LogP contribution in [-0.2, 0) is 7.05 Å². The molecule has 3 aromatic rings. The lowest BCUT2D eigenvalue weighted by Gasteiger charge is -2.05. The van der Waals surface area contributed by atoms with Crippen LogP contribution in [0, 0.1) is 6.92 Å². The minimum absolute atomic E-state index is 0.882. The third-order valence-corrected chi connectivity index (χ3v) is 3.52. The van der Waals surface area contributed by atoms with E-state index in [1.54, 1.807) is 0 Å². The molecule has 3 rings (SSSR count). The van der Waals surface area contributed by atoms with Crippen molar-refractivity contribution in [2.45, 2.75) is 6.92 Å². The van der Waals surface area contributed by atoms with E-state index in [0.717, 1.165) is 11.2 Å². The molecule has 0 fully saturated rings. The first-order valence-electron chi connectivity index (χ1n) is 6.25. The van der Waals surface area contributed by atoms with Gasteiger partial charge in [0.05, 0.1) is 6.20 Å². The van der Waals surface area contributed by atoms with Crippen LogP contribution in [0.3, 0.4) is 0 Å². The molecule has 4 heteroatoms. The third kappa shape index (κ3) is 1.95. The highest BCUT2D eigenvalue weighted by molar-refractivity contribution is 5.88. The van der Waals surface area contributed by atoms with Gasteiger partial charge >= 0.3 is 0 Å². The molecule has 0 unspecified atom stereocenters. The highest BCUT2D eigenvalue weighted by Crippen LogP contribution is 2.27. The summed E-state index contributed by atoms with van der Waals surface area (Å²) in [6, 6.07) is 8.46. The van der Waals surface area contributed by atoms with Crippen molar-refractivity contribution in [2.24, 2.45) is 7.05 Å². The molecule has 0 aliphatic rings. The van der Waals surface area contributed by atoms with Gasteiger partial charge in [0.2, 0.25) is 0 Å². The van der Waals surface area contributed by atoms with Crippen molar-refractivity contribution in [1.29, 1.82) is 0 Å². The molecular formula is C15H16N4. The number of fused-ring (bicyclic) bond motifs is 1. The second-order valence-electron chi connectivity index (χ2n) is 4.65. The summed E-state index contributed by atoms with van der Waals surface area (Å²) < 4.78 is 1.89. The number of nitrogens with one attached hydrogen (secondary N) is 1. The van der Waals surface area contributed by atoms with E-state index in [9.17, 15) is 0 Å². The summed E-state index contributed by atoms with van der Waals surface area (Å²) in [5, 5.41) is 9.69. The molecule has 2 aromatic heterocycles. The van der Waals surface area contributed by atoms with E-state index in [2.05, 4.69) is 46.6 Å². The van der Waals surface area contributed by atoms with Crippen molar-refractivity contribution in [3.63, 3.8) is 0 Å². The molecule has 0 aliphatic carbocycles. The summed E-state index contributed by atoms with van der Waals surface area (Å²) in [4.78, 5) is 4.32. The maximum absolute atomic E-state index is 4.32. The van der Waals surface area contributed by atoms with E-state index < -0.39 is 0 Å². The molecule has 96 valence electrons. The molecule has 0 aliphatic heterocycles. The monoisotopic (exact) mass is 252 g/mol. The van der Waals surface area contributed by atoms with E-state index in [4.69, 9.17) is 0 Å². The first-order chi connectivity index (χ1) is 9.19. The molecule has 0 atom stereocenters. The van der Waals surface area contributed by atoms with Gasteiger partial charge in [-0.25, -0.2) is 4.98 Å². The van der Waals surface area contributed by atoms with E-state index in [-0.39, 0.29) is 0 Å². The van der Waals surface area contributed by atoms with Gasteiger partial charge in [0.25, 0.3) is 0 Å². The highest BCUT2D eigenvalue weighted by Gasteiger charge is 2.07. The molecular weight excluding hydrogens is 236 g/mol. The van der Waals surface area contributed by atoms with E-state index >= 15 is 0 Å². The first-order valence-corrected chi connectivity index (χ1v) is 6.25. The van der Waals surface area contributed by atoms with E-state index in [1.165, 1.54) is 22.2 Å². The van der Waals surface area contributed by atoms with E-state index in [1.807, 2.05) is 31.2 Å². The molecule has 0 radical (unpaired) electrons. The summed E-state index contributed by atoms with van der Waals surface area (Å²) in [5.74, 6) is 0.882. The van der Waals surface area contributed by atoms with Crippen molar-refractivity contribution in [1.82, 2.24) is 14.8 Å². The van der Waals surface area contributed by atoms with Gasteiger partial charge in [0.15, 0.2) is 0 Å². The molecule has 19 heavy (non-hydrogen) atoms. The minimum Gasteiger partial charge on any atom is -0.373 e. The van der Waals surface area contributed by atoms with Crippen LogP contribution in [0.25, 0.3) is 21.9 Å². The number of benzene rings is 1. The number of aromatic nitrogens is 3. The van der Waals surface area contributed by atoms with Crippen LogP contribution in [0.1, 0.15) is 5.69 Å². The Morgan fingerprint density at radius 3 is 2.63 bits per heavy atom. The van der Waals surface area contributed by atoms with Crippen LogP contribution in [0.4, 0.5) is 5.82 Å². The molecule has 1 N–H and O–H groups in total. The lowest BCUT2D eigenvalue weighted by molar-refractivity contribution is 0.740. The average Bonchev–Trinajstić information content (AvgIpc) is 2.78. The lowest BCUT2D eigenvalue weighted by Crippen LogP contribution is -1.93. The van der Waals surface area contributed by atoms with Gasteiger partial charge in [0.1, 0.15) is 5.82 Å². The van der Waals surface area contributed by atoms with Gasteiger partial charge in [-0.1, -0.05) is 12.1 Å². The topological polar surface area (TPSA) is 42.7 Å². The number of nitrogens with zero attached hydrogens (tertiary/aromatic N) is 3. The maximum Gasteiger partial charge on any atom is 0.126 e. The normalized spacial score (nSPS) is 10.9. The minimum atomic E-state index is 0.882. The van der Waals surface area contributed by atoms with Crippen molar-refractivity contribution in [3.05, 3.63) is 42.4 Å². The summed E-state index contributed by atoms with van der Waals surface area (Å²) >= 11 is 0. The standard InChI is InChI=1S/C15H16N4/c1-10-14(9-18-19(10)3)11-4-5-12-8-17-15(16-2)7-13(12)6-11/h4-9H,1-3H3,(H,16,17). The van der Waals surface area contributed by atoms with Crippen LogP contribution < -0.4 is 5.32 Å². The highest BCUT2D eigenvalue weighted by atomic mass is 15.3. The molecule has 0 spiro atoms. The zero-order valence-electron chi connectivity index (χ0n) is 11.3. The Hall–Kier alpha value is -2.36. The predicted molar refractivity (Wildman–Crippen MR) is 78.2 cm³/mol. The number of pyridine rings is 1. The number of hydrogen-bond donors (Lipinski definition) is 1. The van der Waals surface area contributed by atoms with Crippen LogP contribution >= 0.6 is 0 Å². The quantitative estimate of drug-likeness (QED) is 0.762. The van der Waals surface area contributed by atoms with Crippen LogP contribution in [0.15, 0.2) is 36.7 Å². The molecule has 2 heterocycles. The Morgan fingerprint density at radius 2 is 1.95 bits per heavy atom. The average molecular weight is 252 g/mol. The summed E-state index contributed by atoms with van der Waals surface area (Å²) in [6.45, 7) is 2.08. The predicted octanol–water partition coefficient (Wildman–Crippen LogP) is 2.99. The van der Waals surface area contributed by atoms with E-state index in [0.29, 0.717) is 0 Å². The van der Waals surface area contributed by atoms with Crippen molar-refractivity contribution in [3.8, 4) is 11.1 Å². The number of rotatable bonds is 2. The molecule has 0 bridgehead atoms. The fourth-order valence-corrected chi connectivity index (χ4v) is 2.23. The number of aryl methyl sites for hydroxylation is 1. The van der Waals surface area contributed by atoms with Gasteiger partial charge in [0, 0.05) is 36.9 Å². The van der Waals surface area contributed by atoms with Crippen LogP contribution in [-0.4, -0.2) is 21.8 Å². The molecule has 0 amide bonds. The van der Waals surface area contributed by atoms with Gasteiger partial charge in [-0.05, 0) is 30.0 Å². The Morgan fingerprint density at radius 1 is 1.11 bits per heavy atom. The summed E-state index contributed by atoms with van der Waals surface area (Å²) in [7, 11) is 3.84. The largest absolute Gasteiger partial charge is 0.373 e. The Balaban J connectivity index is 2.17. The molecule has 0 saturated carbocycles. The van der Waals surface area contributed by atoms with Gasteiger partial charge in [-0.3, -0.25) is 4.68 Å². The second kappa shape index (κ2) is 4.39. The second-order valence-corrected chi connectivity index (χ2v) is 4.65. The van der Waals surface area contributed by atoms with Crippen molar-refractivity contribution in [2.75, 3.05) is 12.4 Å². The summed E-state index contributed by atoms with van der Waals surface area (Å²) in [6.07, 6.45) is 3.80. The van der Waals surface area contributed by atoms with Crippen LogP contribution in [0.2, 0.25) is 0 Å². The smallest absolute Gasteiger partial charge is 0.126 e. The van der Waals surface area contributed by atoms with Gasteiger partial charge < -0.3 is 5.32 Å². The third-order valence-electron chi connectivity index (χ3n) is 3.52. The van der Waals surface area contributed by atoms with Gasteiger partial charge in [-0.2, -0.15) is 5.10 Å². The fourth-order valence-electron chi connectivity index (χ4n) is 2.23. The first kappa shape index (κ1) is 11.7. The Labute approximate surface area is 112 Å². The van der Waals surface area contributed by atoms with Crippen LogP contribution in [0.5, 0.6) is 0 Å². The molecule has 4 nitrogen and oxygen atoms in total. The SMILES string of the molecule is CNc1cc2cc(-c3cnn(C)c3C)ccc2cn1. The Kier molecular flexibility index (Phi) is 2.71. The Bertz CT molecular complexity index is 743. The van der Waals surface area contributed by atoms with Crippen molar-refractivity contribution >= 4 is 16.6 Å². The van der Waals surface area contributed by atoms with Crippen molar-refractivity contribution < 1.29 is 0 Å². The fraction of sp³-hybridized carbons (Fsp3) is 0.200. The molecule has 1 aromatic carbocycles. The number of hydrogen-bond acceptors (Lipinski definition) is 3. The zero-order chi connectivity index (χ0) is 13.4. The number of anilines is 1. The zero-order valence-corrected chi connectivity index (χ0v) is 11.3.